The maximum absolute atomic E-state index is 5.55. The van der Waals surface area contributed by atoms with Crippen LogP contribution in [0.25, 0.3) is 0 Å². The molecule has 1 heterocycles. The Hall–Kier alpha value is -1.76. The second kappa shape index (κ2) is 6.80. The van der Waals surface area contributed by atoms with Gasteiger partial charge in [-0.2, -0.15) is 0 Å². The molecular weight excluding hydrogens is 256 g/mol. The van der Waals surface area contributed by atoms with Crippen molar-refractivity contribution in [1.29, 1.82) is 0 Å². The van der Waals surface area contributed by atoms with E-state index >= 15 is 0 Å². The van der Waals surface area contributed by atoms with Gasteiger partial charge in [0.05, 0.1) is 6.61 Å². The third-order valence-electron chi connectivity index (χ3n) is 4.20. The van der Waals surface area contributed by atoms with E-state index in [-0.39, 0.29) is 0 Å². The van der Waals surface area contributed by atoms with Gasteiger partial charge in [-0.05, 0) is 75.3 Å². The summed E-state index contributed by atoms with van der Waals surface area (Å²) in [6, 6.07) is 10.8. The molecule has 0 amide bonds. The van der Waals surface area contributed by atoms with Gasteiger partial charge in [0.25, 0.3) is 0 Å². The van der Waals surface area contributed by atoms with E-state index in [0.717, 1.165) is 18.8 Å². The highest BCUT2D eigenvalue weighted by molar-refractivity contribution is 5.41. The molecule has 1 nitrogen and oxygen atoms in total. The van der Waals surface area contributed by atoms with E-state index < -0.39 is 0 Å². The first-order valence-electron chi connectivity index (χ1n) is 7.75. The zero-order valence-corrected chi connectivity index (χ0v) is 13.9. The second-order valence-corrected chi connectivity index (χ2v) is 6.04. The third kappa shape index (κ3) is 3.87. The number of ether oxygens (including phenoxy) is 1. The summed E-state index contributed by atoms with van der Waals surface area (Å²) in [5.41, 5.74) is 8.22. The summed E-state index contributed by atoms with van der Waals surface area (Å²) in [5.74, 6) is 1.12. The summed E-state index contributed by atoms with van der Waals surface area (Å²) in [6.07, 6.45) is 2.34. The molecule has 0 fully saturated rings. The van der Waals surface area contributed by atoms with Crippen molar-refractivity contribution < 1.29 is 4.74 Å². The number of fused-ring (bicyclic) bond motifs is 1. The quantitative estimate of drug-likeness (QED) is 0.642. The van der Waals surface area contributed by atoms with Gasteiger partial charge in [-0.3, -0.25) is 0 Å². The van der Waals surface area contributed by atoms with Crippen molar-refractivity contribution in [2.24, 2.45) is 0 Å². The number of aryl methyl sites for hydroxylation is 5. The molecule has 2 aromatic carbocycles. The maximum atomic E-state index is 5.55. The van der Waals surface area contributed by atoms with Crippen LogP contribution in [0.15, 0.2) is 30.3 Å². The van der Waals surface area contributed by atoms with Crippen molar-refractivity contribution in [1.82, 2.24) is 0 Å². The van der Waals surface area contributed by atoms with Crippen molar-refractivity contribution in [3.63, 3.8) is 0 Å². The summed E-state index contributed by atoms with van der Waals surface area (Å²) in [6.45, 7) is 11.6. The molecule has 0 aromatic heterocycles. The first-order valence-corrected chi connectivity index (χ1v) is 7.75. The molecule has 0 aliphatic carbocycles. The van der Waals surface area contributed by atoms with E-state index in [0.29, 0.717) is 0 Å². The molecule has 112 valence electrons. The zero-order chi connectivity index (χ0) is 15.4. The molecule has 1 heteroatoms. The Kier molecular flexibility index (Phi) is 5.06. The van der Waals surface area contributed by atoms with E-state index in [9.17, 15) is 0 Å². The molecule has 3 rings (SSSR count). The van der Waals surface area contributed by atoms with Crippen LogP contribution in [0.5, 0.6) is 5.75 Å². The van der Waals surface area contributed by atoms with Gasteiger partial charge in [-0.1, -0.05) is 35.9 Å². The number of rotatable bonds is 0. The molecule has 1 aliphatic heterocycles. The van der Waals surface area contributed by atoms with Gasteiger partial charge < -0.3 is 4.74 Å². The summed E-state index contributed by atoms with van der Waals surface area (Å²) < 4.78 is 5.55. The lowest BCUT2D eigenvalue weighted by molar-refractivity contribution is 0.286. The lowest BCUT2D eigenvalue weighted by Gasteiger charge is -2.18. The van der Waals surface area contributed by atoms with Crippen molar-refractivity contribution >= 4 is 0 Å². The van der Waals surface area contributed by atoms with Crippen LogP contribution in [0.1, 0.15) is 39.8 Å². The number of benzene rings is 2. The first kappa shape index (κ1) is 15.6. The molecule has 1 aliphatic rings. The average molecular weight is 282 g/mol. The fourth-order valence-electron chi connectivity index (χ4n) is 2.81. The van der Waals surface area contributed by atoms with Gasteiger partial charge in [0, 0.05) is 0 Å². The highest BCUT2D eigenvalue weighted by Gasteiger charge is 2.10. The van der Waals surface area contributed by atoms with E-state index in [1.165, 1.54) is 39.8 Å². The smallest absolute Gasteiger partial charge is 0.125 e. The Morgan fingerprint density at radius 2 is 1.52 bits per heavy atom. The molecule has 0 N–H and O–H groups in total. The van der Waals surface area contributed by atoms with Crippen molar-refractivity contribution in [3.05, 3.63) is 63.7 Å². The van der Waals surface area contributed by atoms with Crippen LogP contribution in [0.3, 0.4) is 0 Å². The van der Waals surface area contributed by atoms with Gasteiger partial charge in [0.15, 0.2) is 0 Å². The summed E-state index contributed by atoms with van der Waals surface area (Å²) in [7, 11) is 0. The SMILES string of the molecule is Cc1cc(C)c(C)c(C)c1.Cc1cccc2c1OCCC2. The van der Waals surface area contributed by atoms with E-state index in [4.69, 9.17) is 4.74 Å². The molecule has 0 saturated carbocycles. The fraction of sp³-hybridized carbons (Fsp3) is 0.400. The number of hydrogen-bond acceptors (Lipinski definition) is 1. The van der Waals surface area contributed by atoms with Crippen LogP contribution >= 0.6 is 0 Å². The molecule has 0 saturated heterocycles. The standard InChI is InChI=1S/C10H12O.C10H14/c1-8-4-2-5-9-6-3-7-11-10(8)9;1-7-5-8(2)10(4)9(3)6-7/h2,4-5H,3,6-7H2,1H3;5-6H,1-4H3. The van der Waals surface area contributed by atoms with E-state index in [2.05, 4.69) is 65.0 Å². The first-order chi connectivity index (χ1) is 9.99. The second-order valence-electron chi connectivity index (χ2n) is 6.04. The van der Waals surface area contributed by atoms with Crippen molar-refractivity contribution in [3.8, 4) is 5.75 Å². The number of hydrogen-bond donors (Lipinski definition) is 0. The van der Waals surface area contributed by atoms with Crippen LogP contribution < -0.4 is 4.74 Å². The normalized spacial score (nSPS) is 12.8. The van der Waals surface area contributed by atoms with Gasteiger partial charge in [0.2, 0.25) is 0 Å². The minimum atomic E-state index is 0.887. The maximum Gasteiger partial charge on any atom is 0.125 e. The topological polar surface area (TPSA) is 9.23 Å². The van der Waals surface area contributed by atoms with Crippen LogP contribution in [-0.4, -0.2) is 6.61 Å². The molecular formula is C20H26O. The van der Waals surface area contributed by atoms with Crippen LogP contribution in [-0.2, 0) is 6.42 Å². The third-order valence-corrected chi connectivity index (χ3v) is 4.20. The highest BCUT2D eigenvalue weighted by atomic mass is 16.5. The fourth-order valence-corrected chi connectivity index (χ4v) is 2.81. The highest BCUT2D eigenvalue weighted by Crippen LogP contribution is 2.27. The minimum Gasteiger partial charge on any atom is -0.493 e. The summed E-state index contributed by atoms with van der Waals surface area (Å²) >= 11 is 0. The van der Waals surface area contributed by atoms with Crippen LogP contribution in [0.2, 0.25) is 0 Å². The summed E-state index contributed by atoms with van der Waals surface area (Å²) in [4.78, 5) is 0. The molecule has 0 radical (unpaired) electrons. The van der Waals surface area contributed by atoms with Crippen LogP contribution in [0, 0.1) is 34.6 Å². The molecule has 0 atom stereocenters. The molecule has 21 heavy (non-hydrogen) atoms. The zero-order valence-electron chi connectivity index (χ0n) is 13.9. The monoisotopic (exact) mass is 282 g/mol. The Morgan fingerprint density at radius 1 is 0.857 bits per heavy atom. The predicted octanol–water partition coefficient (Wildman–Crippen LogP) is 5.24. The van der Waals surface area contributed by atoms with Crippen molar-refractivity contribution in [2.75, 3.05) is 6.61 Å². The Morgan fingerprint density at radius 3 is 2.14 bits per heavy atom. The van der Waals surface area contributed by atoms with Gasteiger partial charge in [0.1, 0.15) is 5.75 Å². The molecule has 2 aromatic rings. The van der Waals surface area contributed by atoms with E-state index in [1.54, 1.807) is 0 Å². The van der Waals surface area contributed by atoms with Gasteiger partial charge >= 0.3 is 0 Å². The van der Waals surface area contributed by atoms with Crippen molar-refractivity contribution in [2.45, 2.75) is 47.5 Å². The lowest BCUT2D eigenvalue weighted by Crippen LogP contribution is -2.09. The minimum absolute atomic E-state index is 0.887. The average Bonchev–Trinajstić information content (AvgIpc) is 2.46. The van der Waals surface area contributed by atoms with Gasteiger partial charge in [-0.25, -0.2) is 0 Å². The summed E-state index contributed by atoms with van der Waals surface area (Å²) in [5, 5.41) is 0. The molecule has 0 spiro atoms. The largest absolute Gasteiger partial charge is 0.493 e. The molecule has 0 bridgehead atoms. The predicted molar refractivity (Wildman–Crippen MR) is 90.4 cm³/mol. The Labute approximate surface area is 129 Å². The Balaban J connectivity index is 0.000000155. The molecule has 0 unspecified atom stereocenters. The lowest BCUT2D eigenvalue weighted by atomic mass is 10.0. The van der Waals surface area contributed by atoms with Gasteiger partial charge in [-0.15, -0.1) is 0 Å². The number of para-hydroxylation sites is 1. The van der Waals surface area contributed by atoms with E-state index in [1.807, 2.05) is 0 Å². The Bertz CT molecular complexity index is 603. The van der Waals surface area contributed by atoms with Crippen LogP contribution in [0.4, 0.5) is 0 Å².